The van der Waals surface area contributed by atoms with Gasteiger partial charge in [0.15, 0.2) is 11.0 Å². The number of aryl methyl sites for hydroxylation is 3. The summed E-state index contributed by atoms with van der Waals surface area (Å²) in [6, 6.07) is 19.2. The van der Waals surface area contributed by atoms with Gasteiger partial charge >= 0.3 is 12.4 Å². The van der Waals surface area contributed by atoms with Crippen molar-refractivity contribution in [1.82, 2.24) is 20.1 Å². The van der Waals surface area contributed by atoms with Gasteiger partial charge in [0.1, 0.15) is 12.1 Å². The van der Waals surface area contributed by atoms with Gasteiger partial charge in [0.25, 0.3) is 0 Å². The number of carbonyl (C=O) groups is 1. The van der Waals surface area contributed by atoms with E-state index in [2.05, 4.69) is 56.0 Å². The number of nitrogens with zero attached hydrogens (tertiary/aromatic N) is 5. The van der Waals surface area contributed by atoms with Crippen LogP contribution in [-0.4, -0.2) is 51.2 Å². The van der Waals surface area contributed by atoms with E-state index in [1.165, 1.54) is 46.4 Å². The predicted octanol–water partition coefficient (Wildman–Crippen LogP) is 7.09. The number of benzene rings is 3. The second-order valence-electron chi connectivity index (χ2n) is 10.1. The van der Waals surface area contributed by atoms with Gasteiger partial charge in [-0.2, -0.15) is 4.99 Å². The van der Waals surface area contributed by atoms with Crippen LogP contribution in [0.3, 0.4) is 0 Å². The van der Waals surface area contributed by atoms with Crippen LogP contribution in [0.2, 0.25) is 0 Å². The Hall–Kier alpha value is -4.32. The highest BCUT2D eigenvalue weighted by atomic mass is 32.2. The van der Waals surface area contributed by atoms with Crippen molar-refractivity contribution in [3.8, 4) is 22.8 Å². The number of rotatable bonds is 9. The van der Waals surface area contributed by atoms with Gasteiger partial charge in [0.05, 0.1) is 5.69 Å². The molecule has 0 atom stereocenters. The number of anilines is 1. The number of alkyl halides is 3. The second kappa shape index (κ2) is 13.3. The maximum absolute atomic E-state index is 12.5. The van der Waals surface area contributed by atoms with Crippen LogP contribution < -0.4 is 15.0 Å². The van der Waals surface area contributed by atoms with E-state index in [0.717, 1.165) is 53.5 Å². The van der Waals surface area contributed by atoms with Crippen LogP contribution in [0.25, 0.3) is 17.1 Å². The Balaban J connectivity index is 1.07. The number of urea groups is 1. The molecule has 1 aliphatic heterocycles. The summed E-state index contributed by atoms with van der Waals surface area (Å²) in [5.41, 5.74) is 6.00. The molecule has 1 saturated heterocycles. The highest BCUT2D eigenvalue weighted by Crippen LogP contribution is 2.31. The lowest BCUT2D eigenvalue weighted by atomic mass is 10.1. The van der Waals surface area contributed by atoms with Gasteiger partial charge in [0.2, 0.25) is 0 Å². The number of amidine groups is 1. The van der Waals surface area contributed by atoms with Crippen molar-refractivity contribution in [2.24, 2.45) is 4.99 Å². The first kappa shape index (κ1) is 30.1. The van der Waals surface area contributed by atoms with Gasteiger partial charge in [-0.1, -0.05) is 54.2 Å². The minimum Gasteiger partial charge on any atom is -0.406 e. The van der Waals surface area contributed by atoms with Crippen molar-refractivity contribution in [3.05, 3.63) is 89.7 Å². The van der Waals surface area contributed by atoms with Crippen molar-refractivity contribution in [3.63, 3.8) is 0 Å². The van der Waals surface area contributed by atoms with Crippen LogP contribution in [-0.2, 0) is 6.42 Å². The highest BCUT2D eigenvalue weighted by molar-refractivity contribution is 8.14. The minimum atomic E-state index is -4.74. The summed E-state index contributed by atoms with van der Waals surface area (Å²) in [6.07, 6.45) is -0.646. The topological polar surface area (TPSA) is 84.6 Å². The Morgan fingerprint density at radius 3 is 2.44 bits per heavy atom. The van der Waals surface area contributed by atoms with Crippen LogP contribution in [0.5, 0.6) is 5.75 Å². The maximum Gasteiger partial charge on any atom is 0.573 e. The zero-order valence-corrected chi connectivity index (χ0v) is 24.6. The quantitative estimate of drug-likeness (QED) is 0.204. The second-order valence-corrected chi connectivity index (χ2v) is 11.1. The number of nitrogens with one attached hydrogen (secondary N) is 1. The van der Waals surface area contributed by atoms with Gasteiger partial charge < -0.3 is 15.0 Å². The van der Waals surface area contributed by atoms with Crippen molar-refractivity contribution < 1.29 is 22.7 Å². The number of unbranched alkanes of at least 4 members (excludes halogenated alkanes) is 1. The lowest BCUT2D eigenvalue weighted by Crippen LogP contribution is -2.29. The average Bonchev–Trinajstić information content (AvgIpc) is 3.63. The third-order valence-corrected chi connectivity index (χ3v) is 7.85. The van der Waals surface area contributed by atoms with Crippen molar-refractivity contribution in [2.45, 2.75) is 39.5 Å². The summed E-state index contributed by atoms with van der Waals surface area (Å²) in [5.74, 6) is 1.10. The van der Waals surface area contributed by atoms with Gasteiger partial charge in [0, 0.05) is 30.1 Å². The van der Waals surface area contributed by atoms with E-state index in [1.54, 1.807) is 11.8 Å². The average molecular weight is 609 g/mol. The Bertz CT molecular complexity index is 1570. The molecule has 0 unspecified atom stereocenters. The van der Waals surface area contributed by atoms with Crippen LogP contribution in [0, 0.1) is 13.8 Å². The fourth-order valence-corrected chi connectivity index (χ4v) is 5.79. The van der Waals surface area contributed by atoms with Crippen LogP contribution >= 0.6 is 11.8 Å². The number of thioether (sulfide) groups is 1. The van der Waals surface area contributed by atoms with Crippen LogP contribution in [0.1, 0.15) is 29.5 Å². The number of halogens is 3. The van der Waals surface area contributed by atoms with E-state index in [4.69, 9.17) is 0 Å². The molecule has 4 aromatic rings. The number of carbonyl (C=O) groups excluding carboxylic acids is 1. The molecular weight excluding hydrogens is 577 g/mol. The largest absolute Gasteiger partial charge is 0.573 e. The van der Waals surface area contributed by atoms with Crippen molar-refractivity contribution >= 4 is 28.6 Å². The molecule has 12 heteroatoms. The molecule has 0 radical (unpaired) electrons. The molecule has 43 heavy (non-hydrogen) atoms. The number of para-hydroxylation sites is 1. The first-order valence-corrected chi connectivity index (χ1v) is 14.8. The third kappa shape index (κ3) is 7.95. The summed E-state index contributed by atoms with van der Waals surface area (Å²) < 4.78 is 42.5. The summed E-state index contributed by atoms with van der Waals surface area (Å²) in [7, 11) is 0. The van der Waals surface area contributed by atoms with Gasteiger partial charge in [-0.3, -0.25) is 0 Å². The molecule has 0 saturated carbocycles. The summed E-state index contributed by atoms with van der Waals surface area (Å²) in [6.45, 7) is 5.53. The molecule has 3 aromatic carbocycles. The molecule has 1 aliphatic rings. The fraction of sp³-hybridized carbons (Fsp3) is 0.290. The van der Waals surface area contributed by atoms with Gasteiger partial charge in [-0.25, -0.2) is 14.5 Å². The highest BCUT2D eigenvalue weighted by Gasteiger charge is 2.31. The number of hydrogen-bond donors (Lipinski definition) is 1. The smallest absolute Gasteiger partial charge is 0.406 e. The van der Waals surface area contributed by atoms with Gasteiger partial charge in [-0.05, 0) is 74.1 Å². The van der Waals surface area contributed by atoms with Crippen molar-refractivity contribution in [1.29, 1.82) is 0 Å². The predicted molar refractivity (Wildman–Crippen MR) is 163 cm³/mol. The molecular formula is C31H31F3N6O2S. The van der Waals surface area contributed by atoms with E-state index in [1.807, 2.05) is 30.3 Å². The SMILES string of the molecule is Cc1cccc(C)c1N1CCSC1=NC(=O)NCCCCc1ccc(-c2ncn(-c3ccc(OC(F)(F)F)cc3)n2)cc1. The number of amides is 2. The summed E-state index contributed by atoms with van der Waals surface area (Å²) in [5, 5.41) is 8.09. The van der Waals surface area contributed by atoms with Gasteiger partial charge in [-0.15, -0.1) is 18.3 Å². The Morgan fingerprint density at radius 1 is 1.02 bits per heavy atom. The number of hydrogen-bond acceptors (Lipinski definition) is 5. The molecule has 2 heterocycles. The molecule has 8 nitrogen and oxygen atoms in total. The minimum absolute atomic E-state index is 0.299. The van der Waals surface area contributed by atoms with Crippen LogP contribution in [0.15, 0.2) is 78.0 Å². The molecule has 1 N–H and O–H groups in total. The molecule has 1 aromatic heterocycles. The Labute approximate surface area is 252 Å². The Kier molecular flexibility index (Phi) is 9.34. The molecule has 5 rings (SSSR count). The summed E-state index contributed by atoms with van der Waals surface area (Å²) in [4.78, 5) is 23.3. The van der Waals surface area contributed by atoms with E-state index >= 15 is 0 Å². The number of ether oxygens (including phenoxy) is 1. The molecule has 2 amide bonds. The lowest BCUT2D eigenvalue weighted by Gasteiger charge is -2.22. The van der Waals surface area contributed by atoms with E-state index in [-0.39, 0.29) is 11.8 Å². The standard InChI is InChI=1S/C31H31F3N6O2S/c1-21-6-5-7-22(2)27(21)39-18-19-43-30(39)37-29(41)35-17-4-3-8-23-9-11-24(12-10-23)28-36-20-40(38-28)25-13-15-26(16-14-25)42-31(32,33)34/h5-7,9-16,20H,3-4,8,17-19H2,1-2H3,(H,35,41). The van der Waals surface area contributed by atoms with Crippen LogP contribution in [0.4, 0.5) is 23.7 Å². The zero-order chi connectivity index (χ0) is 30.4. The number of aliphatic imine (C=N–C) groups is 1. The van der Waals surface area contributed by atoms with E-state index < -0.39 is 6.36 Å². The molecule has 224 valence electrons. The monoisotopic (exact) mass is 608 g/mol. The third-order valence-electron chi connectivity index (χ3n) is 6.89. The maximum atomic E-state index is 12.5. The van der Waals surface area contributed by atoms with E-state index in [9.17, 15) is 18.0 Å². The molecule has 1 fully saturated rings. The fourth-order valence-electron chi connectivity index (χ4n) is 4.85. The van der Waals surface area contributed by atoms with Crippen molar-refractivity contribution in [2.75, 3.05) is 23.7 Å². The Morgan fingerprint density at radius 2 is 1.74 bits per heavy atom. The summed E-state index contributed by atoms with van der Waals surface area (Å²) >= 11 is 1.60. The molecule has 0 bridgehead atoms. The first-order valence-electron chi connectivity index (χ1n) is 13.9. The number of aromatic nitrogens is 3. The normalized spacial score (nSPS) is 14.3. The zero-order valence-electron chi connectivity index (χ0n) is 23.8. The van der Waals surface area contributed by atoms with E-state index in [0.29, 0.717) is 18.1 Å². The lowest BCUT2D eigenvalue weighted by molar-refractivity contribution is -0.274. The molecule has 0 spiro atoms. The molecule has 0 aliphatic carbocycles. The first-order chi connectivity index (χ1) is 20.7.